The molecule has 1 saturated carbocycles. The van der Waals surface area contributed by atoms with Gasteiger partial charge in [0.05, 0.1) is 14.2 Å². The Morgan fingerprint density at radius 1 is 1.07 bits per heavy atom. The maximum absolute atomic E-state index is 12.9. The van der Waals surface area contributed by atoms with Gasteiger partial charge in [-0.25, -0.2) is 4.79 Å². The lowest BCUT2D eigenvalue weighted by molar-refractivity contribution is 0.178. The summed E-state index contributed by atoms with van der Waals surface area (Å²) in [6.07, 6.45) is 2.12. The first-order valence-corrected chi connectivity index (χ1v) is 9.80. The largest absolute Gasteiger partial charge is 0.493 e. The molecular weight excluding hydrogens is 352 g/mol. The first kappa shape index (κ1) is 20.1. The molecule has 28 heavy (non-hydrogen) atoms. The summed E-state index contributed by atoms with van der Waals surface area (Å²) >= 11 is 0. The fourth-order valence-electron chi connectivity index (χ4n) is 3.50. The zero-order chi connectivity index (χ0) is 20.1. The molecule has 0 heterocycles. The van der Waals surface area contributed by atoms with Gasteiger partial charge >= 0.3 is 6.03 Å². The van der Waals surface area contributed by atoms with Crippen molar-refractivity contribution in [1.82, 2.24) is 10.2 Å². The number of ether oxygens (including phenoxy) is 2. The molecule has 0 aromatic heterocycles. The van der Waals surface area contributed by atoms with Crippen LogP contribution in [0.4, 0.5) is 4.79 Å². The molecule has 150 valence electrons. The van der Waals surface area contributed by atoms with Crippen LogP contribution in [0, 0.1) is 0 Å². The summed E-state index contributed by atoms with van der Waals surface area (Å²) in [5.74, 6) is 1.45. The smallest absolute Gasteiger partial charge is 0.317 e. The van der Waals surface area contributed by atoms with Gasteiger partial charge in [0, 0.05) is 24.5 Å². The molecule has 1 fully saturated rings. The molecule has 1 N–H and O–H groups in total. The highest BCUT2D eigenvalue weighted by atomic mass is 16.5. The van der Waals surface area contributed by atoms with Crippen LogP contribution in [0.25, 0.3) is 0 Å². The van der Waals surface area contributed by atoms with Gasteiger partial charge < -0.3 is 19.7 Å². The third kappa shape index (κ3) is 4.41. The van der Waals surface area contributed by atoms with E-state index >= 15 is 0 Å². The highest BCUT2D eigenvalue weighted by Gasteiger charge is 2.45. The third-order valence-corrected chi connectivity index (χ3v) is 5.51. The molecule has 2 aromatic rings. The van der Waals surface area contributed by atoms with E-state index in [1.807, 2.05) is 49.1 Å². The average molecular weight is 383 g/mol. The van der Waals surface area contributed by atoms with E-state index in [1.165, 1.54) is 5.56 Å². The van der Waals surface area contributed by atoms with Crippen LogP contribution in [-0.4, -0.2) is 37.7 Å². The minimum Gasteiger partial charge on any atom is -0.493 e. The second kappa shape index (κ2) is 8.55. The van der Waals surface area contributed by atoms with Crippen molar-refractivity contribution in [2.24, 2.45) is 0 Å². The number of carbonyl (C=O) groups excluding carboxylic acids is 1. The van der Waals surface area contributed by atoms with Crippen LogP contribution in [0.5, 0.6) is 11.5 Å². The van der Waals surface area contributed by atoms with Gasteiger partial charge in [-0.1, -0.05) is 36.4 Å². The molecular formula is C23H30N2O3. The summed E-state index contributed by atoms with van der Waals surface area (Å²) in [5.41, 5.74) is 2.31. The van der Waals surface area contributed by atoms with E-state index in [0.717, 1.165) is 29.9 Å². The number of amides is 2. The zero-order valence-corrected chi connectivity index (χ0v) is 17.2. The highest BCUT2D eigenvalue weighted by molar-refractivity contribution is 5.74. The zero-order valence-electron chi connectivity index (χ0n) is 17.2. The van der Waals surface area contributed by atoms with Gasteiger partial charge in [0.2, 0.25) is 0 Å². The van der Waals surface area contributed by atoms with E-state index in [-0.39, 0.29) is 17.5 Å². The predicted octanol–water partition coefficient (Wildman–Crippen LogP) is 4.36. The maximum atomic E-state index is 12.9. The quantitative estimate of drug-likeness (QED) is 0.738. The van der Waals surface area contributed by atoms with Crippen LogP contribution in [0.2, 0.25) is 0 Å². The minimum absolute atomic E-state index is 0.00932. The summed E-state index contributed by atoms with van der Waals surface area (Å²) in [7, 11) is 3.28. The van der Waals surface area contributed by atoms with Crippen molar-refractivity contribution in [2.45, 2.75) is 44.7 Å². The molecule has 1 aliphatic carbocycles. The molecule has 2 aromatic carbocycles. The lowest BCUT2D eigenvalue weighted by Gasteiger charge is -2.28. The number of hydrogen-bond donors (Lipinski definition) is 1. The highest BCUT2D eigenvalue weighted by Crippen LogP contribution is 2.49. The van der Waals surface area contributed by atoms with Gasteiger partial charge in [0.15, 0.2) is 11.5 Å². The summed E-state index contributed by atoms with van der Waals surface area (Å²) in [5, 5.41) is 3.17. The number of hydrogen-bond acceptors (Lipinski definition) is 3. The lowest BCUT2D eigenvalue weighted by Crippen LogP contribution is -2.45. The summed E-state index contributed by atoms with van der Waals surface area (Å²) < 4.78 is 10.8. The van der Waals surface area contributed by atoms with Crippen LogP contribution in [-0.2, 0) is 12.0 Å². The fraction of sp³-hybridized carbons (Fsp3) is 0.435. The van der Waals surface area contributed by atoms with Crippen LogP contribution < -0.4 is 14.8 Å². The second-order valence-electron chi connectivity index (χ2n) is 7.72. The molecule has 0 atom stereocenters. The number of rotatable bonds is 8. The van der Waals surface area contributed by atoms with Crippen LogP contribution in [0.1, 0.15) is 37.8 Å². The molecule has 0 saturated heterocycles. The van der Waals surface area contributed by atoms with E-state index < -0.39 is 0 Å². The first-order chi connectivity index (χ1) is 13.5. The van der Waals surface area contributed by atoms with Gasteiger partial charge in [0.1, 0.15) is 0 Å². The molecule has 2 amide bonds. The number of methoxy groups -OCH3 is 2. The van der Waals surface area contributed by atoms with Gasteiger partial charge in [0.25, 0.3) is 0 Å². The SMILES string of the molecule is COc1ccc(C2(CNC(=O)N(Cc3ccccc3)C(C)C)CC2)cc1OC. The predicted molar refractivity (Wildman–Crippen MR) is 111 cm³/mol. The van der Waals surface area contributed by atoms with E-state index in [0.29, 0.717) is 13.1 Å². The maximum Gasteiger partial charge on any atom is 0.317 e. The molecule has 1 aliphatic rings. The topological polar surface area (TPSA) is 50.8 Å². The number of urea groups is 1. The summed E-state index contributed by atoms with van der Waals surface area (Å²) in [6.45, 7) is 5.32. The van der Waals surface area contributed by atoms with Gasteiger partial charge in [-0.3, -0.25) is 0 Å². The van der Waals surface area contributed by atoms with Crippen molar-refractivity contribution in [2.75, 3.05) is 20.8 Å². The number of benzene rings is 2. The average Bonchev–Trinajstić information content (AvgIpc) is 3.51. The number of nitrogens with zero attached hydrogens (tertiary/aromatic N) is 1. The molecule has 0 aliphatic heterocycles. The Morgan fingerprint density at radius 3 is 2.32 bits per heavy atom. The van der Waals surface area contributed by atoms with Crippen molar-refractivity contribution in [3.8, 4) is 11.5 Å². The minimum atomic E-state index is -0.0226. The standard InChI is InChI=1S/C23H30N2O3/c1-17(2)25(15-18-8-6-5-7-9-18)22(26)24-16-23(12-13-23)19-10-11-20(27-3)21(14-19)28-4/h5-11,14,17H,12-13,15-16H2,1-4H3,(H,24,26). The van der Waals surface area contributed by atoms with E-state index in [1.54, 1.807) is 14.2 Å². The van der Waals surface area contributed by atoms with Crippen molar-refractivity contribution < 1.29 is 14.3 Å². The molecule has 0 spiro atoms. The van der Waals surface area contributed by atoms with E-state index in [2.05, 4.69) is 23.5 Å². The molecule has 5 heteroatoms. The monoisotopic (exact) mass is 382 g/mol. The summed E-state index contributed by atoms with van der Waals surface area (Å²) in [4.78, 5) is 14.8. The fourth-order valence-corrected chi connectivity index (χ4v) is 3.50. The van der Waals surface area contributed by atoms with Crippen molar-refractivity contribution in [3.63, 3.8) is 0 Å². The molecule has 5 nitrogen and oxygen atoms in total. The Labute approximate surface area is 167 Å². The van der Waals surface area contributed by atoms with Gasteiger partial charge in [-0.05, 0) is 49.9 Å². The normalized spacial score (nSPS) is 14.5. The number of carbonyl (C=O) groups is 1. The second-order valence-corrected chi connectivity index (χ2v) is 7.72. The molecule has 3 rings (SSSR count). The summed E-state index contributed by atoms with van der Waals surface area (Å²) in [6, 6.07) is 16.2. The molecule has 0 radical (unpaired) electrons. The Bertz CT molecular complexity index is 801. The van der Waals surface area contributed by atoms with Crippen molar-refractivity contribution in [3.05, 3.63) is 59.7 Å². The Kier molecular flexibility index (Phi) is 6.12. The first-order valence-electron chi connectivity index (χ1n) is 9.80. The Balaban J connectivity index is 1.67. The Hall–Kier alpha value is -2.69. The molecule has 0 unspecified atom stereocenters. The van der Waals surface area contributed by atoms with Crippen molar-refractivity contribution in [1.29, 1.82) is 0 Å². The van der Waals surface area contributed by atoms with Crippen LogP contribution >= 0.6 is 0 Å². The Morgan fingerprint density at radius 2 is 1.75 bits per heavy atom. The van der Waals surface area contributed by atoms with Crippen LogP contribution in [0.3, 0.4) is 0 Å². The van der Waals surface area contributed by atoms with Gasteiger partial charge in [-0.2, -0.15) is 0 Å². The third-order valence-electron chi connectivity index (χ3n) is 5.51. The molecule has 0 bridgehead atoms. The van der Waals surface area contributed by atoms with E-state index in [9.17, 15) is 4.79 Å². The van der Waals surface area contributed by atoms with Crippen molar-refractivity contribution >= 4 is 6.03 Å². The van der Waals surface area contributed by atoms with Crippen LogP contribution in [0.15, 0.2) is 48.5 Å². The van der Waals surface area contributed by atoms with Gasteiger partial charge in [-0.15, -0.1) is 0 Å². The van der Waals surface area contributed by atoms with E-state index in [4.69, 9.17) is 9.47 Å². The number of nitrogens with one attached hydrogen (secondary N) is 1. The lowest BCUT2D eigenvalue weighted by atomic mass is 9.95.